The average Bonchev–Trinajstić information content (AvgIpc) is 3.03. The van der Waals surface area contributed by atoms with Crippen molar-refractivity contribution in [2.75, 3.05) is 13.2 Å². The molecule has 3 rings (SSSR count). The number of thiazole rings is 1. The van der Waals surface area contributed by atoms with Gasteiger partial charge in [0.25, 0.3) is 0 Å². The second-order valence-electron chi connectivity index (χ2n) is 5.29. The number of para-hydroxylation sites is 1. The number of rotatable bonds is 5. The van der Waals surface area contributed by atoms with Crippen LogP contribution in [0.1, 0.15) is 21.1 Å². The van der Waals surface area contributed by atoms with Gasteiger partial charge in [0.1, 0.15) is 12.4 Å². The summed E-state index contributed by atoms with van der Waals surface area (Å²) in [7, 11) is 0. The molecule has 6 nitrogen and oxygen atoms in total. The number of carbonyl (C=O) groups excluding carboxylic acids is 1. The van der Waals surface area contributed by atoms with E-state index in [9.17, 15) is 9.59 Å². The smallest absolute Gasteiger partial charge is 0.355 e. The highest BCUT2D eigenvalue weighted by molar-refractivity contribution is 7.09. The molecule has 1 aliphatic heterocycles. The van der Waals surface area contributed by atoms with Gasteiger partial charge in [0, 0.05) is 18.3 Å². The van der Waals surface area contributed by atoms with Crippen LogP contribution in [0.25, 0.3) is 0 Å². The Morgan fingerprint density at radius 1 is 1.39 bits per heavy atom. The molecule has 2 aromatic rings. The summed E-state index contributed by atoms with van der Waals surface area (Å²) in [4.78, 5) is 27.0. The first-order chi connectivity index (χ1) is 11.1. The monoisotopic (exact) mass is 332 g/mol. The van der Waals surface area contributed by atoms with Gasteiger partial charge in [-0.15, -0.1) is 11.3 Å². The first-order valence-corrected chi connectivity index (χ1v) is 8.17. The maximum absolute atomic E-state index is 12.2. The predicted octanol–water partition coefficient (Wildman–Crippen LogP) is 1.75. The highest BCUT2D eigenvalue weighted by Gasteiger charge is 2.25. The molecule has 0 aliphatic carbocycles. The summed E-state index contributed by atoms with van der Waals surface area (Å²) in [6.45, 7) is 0.812. The number of nitrogens with one attached hydrogen (secondary N) is 1. The molecular weight excluding hydrogens is 316 g/mol. The summed E-state index contributed by atoms with van der Waals surface area (Å²) in [6, 6.07) is 7.73. The van der Waals surface area contributed by atoms with Gasteiger partial charge in [-0.1, -0.05) is 18.2 Å². The molecule has 0 radical (unpaired) electrons. The highest BCUT2D eigenvalue weighted by atomic mass is 32.1. The number of carboxylic acids is 1. The first kappa shape index (κ1) is 15.5. The van der Waals surface area contributed by atoms with Crippen LogP contribution in [0.5, 0.6) is 5.75 Å². The predicted molar refractivity (Wildman–Crippen MR) is 84.9 cm³/mol. The fourth-order valence-electron chi connectivity index (χ4n) is 2.46. The summed E-state index contributed by atoms with van der Waals surface area (Å²) in [5.74, 6) is -0.430. The van der Waals surface area contributed by atoms with Gasteiger partial charge in [-0.25, -0.2) is 9.78 Å². The van der Waals surface area contributed by atoms with Crippen molar-refractivity contribution in [2.24, 2.45) is 5.92 Å². The molecule has 0 bridgehead atoms. The van der Waals surface area contributed by atoms with Gasteiger partial charge >= 0.3 is 5.97 Å². The third-order valence-corrected chi connectivity index (χ3v) is 4.57. The van der Waals surface area contributed by atoms with Gasteiger partial charge in [-0.3, -0.25) is 4.79 Å². The standard InChI is InChI=1S/C16H16N2O4S/c19-15(11-7-10-3-1-2-4-13(10)22-8-11)17-6-5-14-18-12(9-23-14)16(20)21/h1-4,9,11H,5-8H2,(H,17,19)(H,20,21). The molecular formula is C16H16N2O4S. The van der Waals surface area contributed by atoms with E-state index in [1.807, 2.05) is 24.3 Å². The lowest BCUT2D eigenvalue weighted by atomic mass is 9.96. The van der Waals surface area contributed by atoms with E-state index in [0.717, 1.165) is 11.3 Å². The quantitative estimate of drug-likeness (QED) is 0.871. The molecule has 0 fully saturated rings. The number of fused-ring (bicyclic) bond motifs is 1. The fourth-order valence-corrected chi connectivity index (χ4v) is 3.23. The Morgan fingerprint density at radius 2 is 2.22 bits per heavy atom. The topological polar surface area (TPSA) is 88.5 Å². The zero-order valence-corrected chi connectivity index (χ0v) is 13.1. The van der Waals surface area contributed by atoms with Crippen molar-refractivity contribution >= 4 is 23.2 Å². The van der Waals surface area contributed by atoms with Crippen molar-refractivity contribution in [1.29, 1.82) is 0 Å². The van der Waals surface area contributed by atoms with Crippen LogP contribution in [-0.4, -0.2) is 35.1 Å². The van der Waals surface area contributed by atoms with Crippen molar-refractivity contribution in [3.8, 4) is 5.75 Å². The number of amides is 1. The minimum atomic E-state index is -1.03. The van der Waals surface area contributed by atoms with E-state index in [4.69, 9.17) is 9.84 Å². The second kappa shape index (κ2) is 6.78. The van der Waals surface area contributed by atoms with Crippen LogP contribution < -0.4 is 10.1 Å². The first-order valence-electron chi connectivity index (χ1n) is 7.29. The van der Waals surface area contributed by atoms with Gasteiger partial charge in [-0.2, -0.15) is 0 Å². The van der Waals surface area contributed by atoms with Crippen molar-refractivity contribution in [3.63, 3.8) is 0 Å². The zero-order valence-electron chi connectivity index (χ0n) is 12.3. The molecule has 1 aliphatic rings. The highest BCUT2D eigenvalue weighted by Crippen LogP contribution is 2.26. The van der Waals surface area contributed by atoms with Crippen LogP contribution >= 0.6 is 11.3 Å². The molecule has 0 spiro atoms. The number of benzene rings is 1. The summed E-state index contributed by atoms with van der Waals surface area (Å²) in [5.41, 5.74) is 1.10. The van der Waals surface area contributed by atoms with E-state index in [1.54, 1.807) is 0 Å². The number of carbonyl (C=O) groups is 2. The maximum atomic E-state index is 12.2. The molecule has 1 aromatic carbocycles. The number of hydrogen-bond acceptors (Lipinski definition) is 5. The van der Waals surface area contributed by atoms with Crippen molar-refractivity contribution in [3.05, 3.63) is 45.9 Å². The van der Waals surface area contributed by atoms with Gasteiger partial charge < -0.3 is 15.2 Å². The number of nitrogens with zero attached hydrogens (tertiary/aromatic N) is 1. The molecule has 7 heteroatoms. The van der Waals surface area contributed by atoms with Gasteiger partial charge in [0.05, 0.1) is 10.9 Å². The number of hydrogen-bond donors (Lipinski definition) is 2. The van der Waals surface area contributed by atoms with E-state index in [-0.39, 0.29) is 17.5 Å². The van der Waals surface area contributed by atoms with Crippen LogP contribution in [0.2, 0.25) is 0 Å². The van der Waals surface area contributed by atoms with Crippen LogP contribution in [-0.2, 0) is 17.6 Å². The van der Waals surface area contributed by atoms with E-state index in [2.05, 4.69) is 10.3 Å². The van der Waals surface area contributed by atoms with Crippen LogP contribution in [0.4, 0.5) is 0 Å². The Labute approximate surface area is 137 Å². The Kier molecular flexibility index (Phi) is 4.57. The minimum Gasteiger partial charge on any atom is -0.492 e. The van der Waals surface area contributed by atoms with Gasteiger partial charge in [0.2, 0.25) is 5.91 Å². The lowest BCUT2D eigenvalue weighted by Gasteiger charge is -2.24. The zero-order chi connectivity index (χ0) is 16.2. The summed E-state index contributed by atoms with van der Waals surface area (Å²) in [6.07, 6.45) is 1.19. The molecule has 2 N–H and O–H groups in total. The summed E-state index contributed by atoms with van der Waals surface area (Å²) in [5, 5.41) is 13.9. The summed E-state index contributed by atoms with van der Waals surface area (Å²) >= 11 is 1.29. The van der Waals surface area contributed by atoms with Gasteiger partial charge in [-0.05, 0) is 18.1 Å². The molecule has 0 saturated carbocycles. The molecule has 0 saturated heterocycles. The molecule has 120 valence electrons. The Morgan fingerprint density at radius 3 is 3.00 bits per heavy atom. The number of ether oxygens (including phenoxy) is 1. The lowest BCUT2D eigenvalue weighted by Crippen LogP contribution is -2.38. The number of aromatic nitrogens is 1. The lowest BCUT2D eigenvalue weighted by molar-refractivity contribution is -0.126. The van der Waals surface area contributed by atoms with Crippen molar-refractivity contribution in [1.82, 2.24) is 10.3 Å². The van der Waals surface area contributed by atoms with E-state index < -0.39 is 5.97 Å². The fraction of sp³-hybridized carbons (Fsp3) is 0.312. The van der Waals surface area contributed by atoms with E-state index in [0.29, 0.717) is 31.0 Å². The molecule has 2 heterocycles. The number of carboxylic acid groups (broad SMARTS) is 1. The molecule has 1 aromatic heterocycles. The Balaban J connectivity index is 1.49. The number of aromatic carboxylic acids is 1. The third kappa shape index (κ3) is 3.68. The SMILES string of the molecule is O=C(O)c1csc(CCNC(=O)C2COc3ccccc3C2)n1. The van der Waals surface area contributed by atoms with E-state index in [1.165, 1.54) is 16.7 Å². The van der Waals surface area contributed by atoms with Crippen LogP contribution in [0, 0.1) is 5.92 Å². The maximum Gasteiger partial charge on any atom is 0.355 e. The van der Waals surface area contributed by atoms with Crippen LogP contribution in [0.15, 0.2) is 29.6 Å². The molecule has 1 atom stereocenters. The van der Waals surface area contributed by atoms with Crippen molar-refractivity contribution in [2.45, 2.75) is 12.8 Å². The Bertz CT molecular complexity index is 728. The minimum absolute atomic E-state index is 0.0467. The molecule has 23 heavy (non-hydrogen) atoms. The van der Waals surface area contributed by atoms with E-state index >= 15 is 0 Å². The normalized spacial score (nSPS) is 16.3. The van der Waals surface area contributed by atoms with Crippen molar-refractivity contribution < 1.29 is 19.4 Å². The second-order valence-corrected chi connectivity index (χ2v) is 6.24. The van der Waals surface area contributed by atoms with Gasteiger partial charge in [0.15, 0.2) is 5.69 Å². The van der Waals surface area contributed by atoms with Crippen LogP contribution in [0.3, 0.4) is 0 Å². The molecule has 1 unspecified atom stereocenters. The largest absolute Gasteiger partial charge is 0.492 e. The molecule has 1 amide bonds. The Hall–Kier alpha value is -2.41. The summed E-state index contributed by atoms with van der Waals surface area (Å²) < 4.78 is 5.62. The third-order valence-electron chi connectivity index (χ3n) is 3.66. The average molecular weight is 332 g/mol.